The summed E-state index contributed by atoms with van der Waals surface area (Å²) in [5.74, 6) is 0.0220. The SMILES string of the molecule is O=C(CCSc1nc2ccccc2s1)OCC(=O)c1ccccc1. The number of thioether (sulfide) groups is 1. The molecule has 0 aliphatic carbocycles. The van der Waals surface area contributed by atoms with Crippen molar-refractivity contribution >= 4 is 45.1 Å². The van der Waals surface area contributed by atoms with E-state index in [1.165, 1.54) is 11.8 Å². The van der Waals surface area contributed by atoms with E-state index >= 15 is 0 Å². The Morgan fingerprint density at radius 1 is 1.04 bits per heavy atom. The molecule has 3 aromatic rings. The smallest absolute Gasteiger partial charge is 0.307 e. The van der Waals surface area contributed by atoms with Crippen LogP contribution >= 0.6 is 23.1 Å². The molecule has 0 saturated carbocycles. The quantitative estimate of drug-likeness (QED) is 0.360. The largest absolute Gasteiger partial charge is 0.457 e. The van der Waals surface area contributed by atoms with E-state index < -0.39 is 0 Å². The Balaban J connectivity index is 1.42. The average molecular weight is 357 g/mol. The minimum Gasteiger partial charge on any atom is -0.457 e. The summed E-state index contributed by atoms with van der Waals surface area (Å²) in [6.45, 7) is -0.214. The van der Waals surface area contributed by atoms with Crippen molar-refractivity contribution in [1.29, 1.82) is 0 Å². The van der Waals surface area contributed by atoms with Crippen molar-refractivity contribution in [1.82, 2.24) is 4.98 Å². The van der Waals surface area contributed by atoms with E-state index in [1.807, 2.05) is 30.3 Å². The average Bonchev–Trinajstić information content (AvgIpc) is 3.03. The highest BCUT2D eigenvalue weighted by Gasteiger charge is 2.10. The first-order valence-electron chi connectivity index (χ1n) is 7.44. The highest BCUT2D eigenvalue weighted by Crippen LogP contribution is 2.29. The van der Waals surface area contributed by atoms with Crippen molar-refractivity contribution in [2.24, 2.45) is 0 Å². The molecule has 0 aliphatic heterocycles. The number of ether oxygens (including phenoxy) is 1. The second-order valence-electron chi connectivity index (χ2n) is 5.00. The molecule has 1 aromatic heterocycles. The number of fused-ring (bicyclic) bond motifs is 1. The normalized spacial score (nSPS) is 10.7. The number of carbonyl (C=O) groups is 2. The molecule has 0 fully saturated rings. The maximum atomic E-state index is 11.9. The molecule has 0 amide bonds. The number of nitrogens with zero attached hydrogens (tertiary/aromatic N) is 1. The van der Waals surface area contributed by atoms with Crippen LogP contribution in [0, 0.1) is 0 Å². The highest BCUT2D eigenvalue weighted by molar-refractivity contribution is 8.01. The lowest BCUT2D eigenvalue weighted by Crippen LogP contribution is -2.14. The zero-order valence-electron chi connectivity index (χ0n) is 12.8. The molecule has 24 heavy (non-hydrogen) atoms. The van der Waals surface area contributed by atoms with Crippen LogP contribution in [-0.4, -0.2) is 29.1 Å². The number of rotatable bonds is 7. The minimum atomic E-state index is -0.368. The fourth-order valence-electron chi connectivity index (χ4n) is 2.06. The molecule has 0 saturated heterocycles. The molecular weight excluding hydrogens is 342 g/mol. The Morgan fingerprint density at radius 3 is 2.58 bits per heavy atom. The Bertz CT molecular complexity index is 813. The van der Waals surface area contributed by atoms with Crippen molar-refractivity contribution < 1.29 is 14.3 Å². The van der Waals surface area contributed by atoms with E-state index in [0.717, 1.165) is 14.6 Å². The van der Waals surface area contributed by atoms with Gasteiger partial charge >= 0.3 is 5.97 Å². The maximum Gasteiger partial charge on any atom is 0.307 e. The monoisotopic (exact) mass is 357 g/mol. The third kappa shape index (κ3) is 4.43. The summed E-state index contributed by atoms with van der Waals surface area (Å²) in [6.07, 6.45) is 0.253. The number of aromatic nitrogens is 1. The number of hydrogen-bond donors (Lipinski definition) is 0. The number of para-hydroxylation sites is 1. The third-order valence-electron chi connectivity index (χ3n) is 3.27. The molecule has 4 nitrogen and oxygen atoms in total. The number of carbonyl (C=O) groups excluding carboxylic acids is 2. The van der Waals surface area contributed by atoms with Crippen molar-refractivity contribution in [2.75, 3.05) is 12.4 Å². The molecule has 0 aliphatic rings. The molecule has 0 unspecified atom stereocenters. The lowest BCUT2D eigenvalue weighted by Gasteiger charge is -2.03. The summed E-state index contributed by atoms with van der Waals surface area (Å²) in [4.78, 5) is 28.1. The van der Waals surface area contributed by atoms with Gasteiger partial charge in [-0.05, 0) is 12.1 Å². The zero-order valence-corrected chi connectivity index (χ0v) is 14.4. The maximum absolute atomic E-state index is 11.9. The minimum absolute atomic E-state index is 0.192. The fourth-order valence-corrected chi connectivity index (χ4v) is 4.12. The second kappa shape index (κ2) is 8.08. The van der Waals surface area contributed by atoms with Gasteiger partial charge in [0.2, 0.25) is 0 Å². The number of ketones is 1. The third-order valence-corrected chi connectivity index (χ3v) is 5.45. The van der Waals surface area contributed by atoms with Crippen LogP contribution in [0.5, 0.6) is 0 Å². The van der Waals surface area contributed by atoms with Crippen molar-refractivity contribution in [2.45, 2.75) is 10.8 Å². The van der Waals surface area contributed by atoms with Gasteiger partial charge in [0.1, 0.15) is 0 Å². The standard InChI is InChI=1S/C18H15NO3S2/c20-15(13-6-2-1-3-7-13)12-22-17(21)10-11-23-18-19-14-8-4-5-9-16(14)24-18/h1-9H,10-12H2. The predicted octanol–water partition coefficient (Wildman–Crippen LogP) is 4.20. The Morgan fingerprint density at radius 2 is 1.79 bits per heavy atom. The van der Waals surface area contributed by atoms with Gasteiger partial charge in [0, 0.05) is 11.3 Å². The van der Waals surface area contributed by atoms with E-state index in [4.69, 9.17) is 4.74 Å². The van der Waals surface area contributed by atoms with Crippen LogP contribution in [0.3, 0.4) is 0 Å². The van der Waals surface area contributed by atoms with Crippen LogP contribution in [0.25, 0.3) is 10.2 Å². The van der Waals surface area contributed by atoms with Gasteiger partial charge < -0.3 is 4.74 Å². The molecule has 2 aromatic carbocycles. The van der Waals surface area contributed by atoms with Gasteiger partial charge in [0.25, 0.3) is 0 Å². The zero-order chi connectivity index (χ0) is 16.8. The van der Waals surface area contributed by atoms with Crippen molar-refractivity contribution in [3.63, 3.8) is 0 Å². The van der Waals surface area contributed by atoms with Crippen LogP contribution in [0.1, 0.15) is 16.8 Å². The Labute approximate surface area is 147 Å². The van der Waals surface area contributed by atoms with Gasteiger partial charge in [-0.2, -0.15) is 0 Å². The van der Waals surface area contributed by atoms with Gasteiger partial charge in [-0.15, -0.1) is 11.3 Å². The summed E-state index contributed by atoms with van der Waals surface area (Å²) in [6, 6.07) is 16.8. The molecule has 122 valence electrons. The summed E-state index contributed by atoms with van der Waals surface area (Å²) < 4.78 is 7.11. The number of hydrogen-bond acceptors (Lipinski definition) is 6. The number of esters is 1. The van der Waals surface area contributed by atoms with Gasteiger partial charge in [0.05, 0.1) is 16.6 Å². The van der Waals surface area contributed by atoms with Crippen LogP contribution in [0.4, 0.5) is 0 Å². The van der Waals surface area contributed by atoms with E-state index in [-0.39, 0.29) is 24.8 Å². The number of benzene rings is 2. The lowest BCUT2D eigenvalue weighted by molar-refractivity contribution is -0.141. The van der Waals surface area contributed by atoms with Crippen LogP contribution in [0.2, 0.25) is 0 Å². The first kappa shape index (κ1) is 16.7. The van der Waals surface area contributed by atoms with E-state index in [2.05, 4.69) is 4.98 Å². The molecule has 0 N–H and O–H groups in total. The summed E-state index contributed by atoms with van der Waals surface area (Å²) in [5.41, 5.74) is 1.52. The topological polar surface area (TPSA) is 56.3 Å². The van der Waals surface area contributed by atoms with Crippen LogP contribution < -0.4 is 0 Å². The first-order valence-corrected chi connectivity index (χ1v) is 9.25. The van der Waals surface area contributed by atoms with E-state index in [9.17, 15) is 9.59 Å². The van der Waals surface area contributed by atoms with Crippen LogP contribution in [-0.2, 0) is 9.53 Å². The van der Waals surface area contributed by atoms with Crippen molar-refractivity contribution in [3.8, 4) is 0 Å². The second-order valence-corrected chi connectivity index (χ2v) is 7.37. The van der Waals surface area contributed by atoms with Gasteiger partial charge in [-0.3, -0.25) is 9.59 Å². The lowest BCUT2D eigenvalue weighted by atomic mass is 10.1. The van der Waals surface area contributed by atoms with Gasteiger partial charge in [0.15, 0.2) is 16.7 Å². The summed E-state index contributed by atoms with van der Waals surface area (Å²) >= 11 is 3.14. The first-order chi connectivity index (χ1) is 11.7. The van der Waals surface area contributed by atoms with E-state index in [1.54, 1.807) is 35.6 Å². The molecule has 0 atom stereocenters. The Hall–Kier alpha value is -2.18. The molecule has 1 heterocycles. The molecule has 3 rings (SSSR count). The predicted molar refractivity (Wildman–Crippen MR) is 96.7 cm³/mol. The molecule has 0 bridgehead atoms. The molecular formula is C18H15NO3S2. The van der Waals surface area contributed by atoms with Crippen molar-refractivity contribution in [3.05, 3.63) is 60.2 Å². The number of Topliss-reactive ketones (excluding diaryl/α,β-unsaturated/α-hetero) is 1. The van der Waals surface area contributed by atoms with E-state index in [0.29, 0.717) is 11.3 Å². The highest BCUT2D eigenvalue weighted by atomic mass is 32.2. The van der Waals surface area contributed by atoms with Gasteiger partial charge in [-0.25, -0.2) is 4.98 Å². The number of thiazole rings is 1. The molecule has 6 heteroatoms. The summed E-state index contributed by atoms with van der Waals surface area (Å²) in [7, 11) is 0. The molecule has 0 spiro atoms. The van der Waals surface area contributed by atoms with Gasteiger partial charge in [-0.1, -0.05) is 54.2 Å². The Kier molecular flexibility index (Phi) is 5.61. The summed E-state index contributed by atoms with van der Waals surface area (Å²) in [5, 5.41) is 0. The fraction of sp³-hybridized carbons (Fsp3) is 0.167. The van der Waals surface area contributed by atoms with Crippen LogP contribution in [0.15, 0.2) is 58.9 Å². The molecule has 0 radical (unpaired) electrons.